The van der Waals surface area contributed by atoms with Gasteiger partial charge in [-0.3, -0.25) is 0 Å². The maximum atomic E-state index is 12.5. The number of aliphatic hydroxyl groups is 4. The van der Waals surface area contributed by atoms with Gasteiger partial charge in [-0.2, -0.15) is 0 Å². The SMILES string of the molecule is CC1C(OC(=O)C=Cc2ccccc2)CC2C(C(=O)O)=COC(OC3OC(CO)C(O)C(O)C3O)C21. The number of ether oxygens (including phenoxy) is 4. The summed E-state index contributed by atoms with van der Waals surface area (Å²) in [4.78, 5) is 24.3. The van der Waals surface area contributed by atoms with Crippen LogP contribution in [0.15, 0.2) is 48.2 Å². The fourth-order valence-electron chi connectivity index (χ4n) is 5.04. The number of fused-ring (bicyclic) bond motifs is 1. The Balaban J connectivity index is 1.49. The second kappa shape index (κ2) is 11.1. The molecule has 11 heteroatoms. The molecule has 0 amide bonds. The van der Waals surface area contributed by atoms with Crippen LogP contribution in [0.4, 0.5) is 0 Å². The van der Waals surface area contributed by atoms with Gasteiger partial charge in [0.05, 0.1) is 18.4 Å². The first-order valence-corrected chi connectivity index (χ1v) is 11.7. The largest absolute Gasteiger partial charge is 0.478 e. The third kappa shape index (κ3) is 5.31. The Morgan fingerprint density at radius 2 is 1.81 bits per heavy atom. The number of aliphatic hydroxyl groups excluding tert-OH is 4. The van der Waals surface area contributed by atoms with Gasteiger partial charge < -0.3 is 44.5 Å². The lowest BCUT2D eigenvalue weighted by molar-refractivity contribution is -0.342. The Bertz CT molecular complexity index is 991. The number of esters is 1. The van der Waals surface area contributed by atoms with Crippen molar-refractivity contribution in [3.05, 3.63) is 53.8 Å². The van der Waals surface area contributed by atoms with E-state index in [-0.39, 0.29) is 12.0 Å². The van der Waals surface area contributed by atoms with E-state index < -0.39 is 79.4 Å². The van der Waals surface area contributed by atoms with Gasteiger partial charge >= 0.3 is 11.9 Å². The number of carbonyl (C=O) groups is 2. The van der Waals surface area contributed by atoms with Crippen LogP contribution in [-0.2, 0) is 28.5 Å². The highest BCUT2D eigenvalue weighted by molar-refractivity contribution is 5.88. The zero-order chi connectivity index (χ0) is 26.0. The Labute approximate surface area is 207 Å². The maximum absolute atomic E-state index is 12.5. The Morgan fingerprint density at radius 3 is 2.47 bits per heavy atom. The molecular weight excluding hydrogens is 476 g/mol. The van der Waals surface area contributed by atoms with E-state index in [9.17, 15) is 35.1 Å². The molecule has 2 fully saturated rings. The van der Waals surface area contributed by atoms with Crippen molar-refractivity contribution in [2.75, 3.05) is 6.61 Å². The Hall–Kier alpha value is -2.80. The first-order valence-electron chi connectivity index (χ1n) is 11.7. The molecule has 10 unspecified atom stereocenters. The number of hydrogen-bond donors (Lipinski definition) is 5. The fraction of sp³-hybridized carbons (Fsp3) is 0.520. The molecule has 0 aromatic heterocycles. The van der Waals surface area contributed by atoms with Crippen LogP contribution in [0.3, 0.4) is 0 Å². The number of aliphatic carboxylic acids is 1. The Morgan fingerprint density at radius 1 is 1.08 bits per heavy atom. The summed E-state index contributed by atoms with van der Waals surface area (Å²) in [5.74, 6) is -3.34. The zero-order valence-electron chi connectivity index (χ0n) is 19.5. The van der Waals surface area contributed by atoms with Crippen LogP contribution in [0.25, 0.3) is 6.08 Å². The number of carboxylic acids is 1. The summed E-state index contributed by atoms with van der Waals surface area (Å²) in [6.07, 6.45) is -5.05. The summed E-state index contributed by atoms with van der Waals surface area (Å²) < 4.78 is 22.4. The van der Waals surface area contributed by atoms with Crippen molar-refractivity contribution >= 4 is 18.0 Å². The van der Waals surface area contributed by atoms with Gasteiger partial charge in [-0.05, 0) is 18.1 Å². The van der Waals surface area contributed by atoms with E-state index in [1.54, 1.807) is 13.0 Å². The number of benzene rings is 1. The quantitative estimate of drug-likeness (QED) is 0.249. The van der Waals surface area contributed by atoms with Gasteiger partial charge in [0.1, 0.15) is 30.5 Å². The summed E-state index contributed by atoms with van der Waals surface area (Å²) >= 11 is 0. The minimum absolute atomic E-state index is 0.00104. The highest BCUT2D eigenvalue weighted by atomic mass is 16.8. The molecule has 1 aromatic carbocycles. The van der Waals surface area contributed by atoms with Crippen molar-refractivity contribution in [3.63, 3.8) is 0 Å². The molecular formula is C25H30O11. The van der Waals surface area contributed by atoms with Gasteiger partial charge in [0.25, 0.3) is 0 Å². The monoisotopic (exact) mass is 506 g/mol. The second-order valence-electron chi connectivity index (χ2n) is 9.21. The third-order valence-electron chi connectivity index (χ3n) is 7.03. The average Bonchev–Trinajstić information content (AvgIpc) is 3.19. The van der Waals surface area contributed by atoms with Crippen molar-refractivity contribution in [2.24, 2.45) is 17.8 Å². The zero-order valence-corrected chi connectivity index (χ0v) is 19.5. The maximum Gasteiger partial charge on any atom is 0.334 e. The smallest absolute Gasteiger partial charge is 0.334 e. The fourth-order valence-corrected chi connectivity index (χ4v) is 5.04. The van der Waals surface area contributed by atoms with Crippen LogP contribution in [0.2, 0.25) is 0 Å². The van der Waals surface area contributed by atoms with Gasteiger partial charge in [0.2, 0.25) is 6.29 Å². The van der Waals surface area contributed by atoms with Crippen LogP contribution < -0.4 is 0 Å². The van der Waals surface area contributed by atoms with Gasteiger partial charge in [-0.15, -0.1) is 0 Å². The molecule has 11 nitrogen and oxygen atoms in total. The molecule has 1 saturated heterocycles. The number of rotatable bonds is 7. The minimum atomic E-state index is -1.65. The standard InChI is InChI=1S/C25H30O11/c1-12-16(34-18(27)8-7-13-5-3-2-4-6-13)9-14-15(23(31)32)11-33-24(19(12)14)36-25-22(30)21(29)20(28)17(10-26)35-25/h2-8,11-12,14,16-17,19-22,24-26,28-30H,9-10H2,1H3,(H,31,32). The van der Waals surface area contributed by atoms with E-state index in [2.05, 4.69) is 0 Å². The first kappa shape index (κ1) is 26.3. The predicted molar refractivity (Wildman–Crippen MR) is 122 cm³/mol. The molecule has 2 heterocycles. The van der Waals surface area contributed by atoms with Crippen molar-refractivity contribution in [1.29, 1.82) is 0 Å². The normalized spacial score (nSPS) is 38.2. The molecule has 5 N–H and O–H groups in total. The second-order valence-corrected chi connectivity index (χ2v) is 9.21. The molecule has 0 radical (unpaired) electrons. The van der Waals surface area contributed by atoms with Crippen LogP contribution in [-0.4, -0.2) is 87.2 Å². The van der Waals surface area contributed by atoms with Crippen molar-refractivity contribution in [3.8, 4) is 0 Å². The molecule has 0 spiro atoms. The number of carbonyl (C=O) groups excluding carboxylic acids is 1. The van der Waals surface area contributed by atoms with Crippen molar-refractivity contribution < 1.29 is 54.1 Å². The third-order valence-corrected chi connectivity index (χ3v) is 7.03. The predicted octanol–water partition coefficient (Wildman–Crippen LogP) is 0.0251. The summed E-state index contributed by atoms with van der Waals surface area (Å²) in [5.41, 5.74) is 0.818. The Kier molecular flexibility index (Phi) is 8.08. The molecule has 3 aliphatic rings. The molecule has 36 heavy (non-hydrogen) atoms. The molecule has 1 aromatic rings. The van der Waals surface area contributed by atoms with Crippen molar-refractivity contribution in [2.45, 2.75) is 56.4 Å². The van der Waals surface area contributed by atoms with Crippen molar-refractivity contribution in [1.82, 2.24) is 0 Å². The highest BCUT2D eigenvalue weighted by Gasteiger charge is 2.54. The van der Waals surface area contributed by atoms with E-state index >= 15 is 0 Å². The molecule has 2 aliphatic heterocycles. The van der Waals surface area contributed by atoms with E-state index in [4.69, 9.17) is 18.9 Å². The average molecular weight is 507 g/mol. The first-order chi connectivity index (χ1) is 17.2. The van der Waals surface area contributed by atoms with Gasteiger partial charge in [-0.25, -0.2) is 9.59 Å². The van der Waals surface area contributed by atoms with Crippen LogP contribution >= 0.6 is 0 Å². The summed E-state index contributed by atoms with van der Waals surface area (Å²) in [6.45, 7) is 1.15. The van der Waals surface area contributed by atoms with E-state index in [0.717, 1.165) is 11.8 Å². The van der Waals surface area contributed by atoms with E-state index in [1.165, 1.54) is 6.08 Å². The highest BCUT2D eigenvalue weighted by Crippen LogP contribution is 2.48. The summed E-state index contributed by atoms with van der Waals surface area (Å²) in [7, 11) is 0. The van der Waals surface area contributed by atoms with Crippen LogP contribution in [0.5, 0.6) is 0 Å². The van der Waals surface area contributed by atoms with E-state index in [1.807, 2.05) is 30.3 Å². The lowest BCUT2D eigenvalue weighted by Gasteiger charge is -2.43. The molecule has 1 saturated carbocycles. The molecule has 0 bridgehead atoms. The topological polar surface area (TPSA) is 172 Å². The summed E-state index contributed by atoms with van der Waals surface area (Å²) in [6, 6.07) is 9.20. The van der Waals surface area contributed by atoms with Gasteiger partial charge in [0.15, 0.2) is 6.29 Å². The molecule has 1 aliphatic carbocycles. The van der Waals surface area contributed by atoms with Gasteiger partial charge in [0, 0.05) is 23.8 Å². The number of carboxylic acid groups (broad SMARTS) is 1. The van der Waals surface area contributed by atoms with Crippen LogP contribution in [0, 0.1) is 17.8 Å². The minimum Gasteiger partial charge on any atom is -0.478 e. The molecule has 10 atom stereocenters. The summed E-state index contributed by atoms with van der Waals surface area (Å²) in [5, 5.41) is 49.5. The van der Waals surface area contributed by atoms with E-state index in [0.29, 0.717) is 0 Å². The van der Waals surface area contributed by atoms with Gasteiger partial charge in [-0.1, -0.05) is 37.3 Å². The lowest BCUT2D eigenvalue weighted by Crippen LogP contribution is -2.60. The molecule has 196 valence electrons. The molecule has 4 rings (SSSR count). The van der Waals surface area contributed by atoms with Crippen LogP contribution in [0.1, 0.15) is 18.9 Å². The lowest BCUT2D eigenvalue weighted by atomic mass is 9.83. The number of hydrogen-bond acceptors (Lipinski definition) is 10.